The Labute approximate surface area is 106 Å². The van der Waals surface area contributed by atoms with Gasteiger partial charge in [0.25, 0.3) is 0 Å². The number of rotatable bonds is 2. The number of fused-ring (bicyclic) bond motifs is 3. The first-order chi connectivity index (χ1) is 9.01. The van der Waals surface area contributed by atoms with Crippen molar-refractivity contribution < 1.29 is 23.1 Å². The molecular formula is C14H8F2O3. The number of benzene rings is 2. The zero-order valence-electron chi connectivity index (χ0n) is 9.56. The Kier molecular flexibility index (Phi) is 2.32. The van der Waals surface area contributed by atoms with E-state index in [2.05, 4.69) is 0 Å². The van der Waals surface area contributed by atoms with Crippen LogP contribution in [0.15, 0.2) is 46.9 Å². The van der Waals surface area contributed by atoms with Crippen molar-refractivity contribution in [3.8, 4) is 0 Å². The summed E-state index contributed by atoms with van der Waals surface area (Å²) in [6, 6.07) is 10.7. The summed E-state index contributed by atoms with van der Waals surface area (Å²) < 4.78 is 33.0. The van der Waals surface area contributed by atoms with E-state index >= 15 is 0 Å². The maximum absolute atomic E-state index is 13.8. The van der Waals surface area contributed by atoms with E-state index in [1.165, 1.54) is 12.1 Å². The zero-order chi connectivity index (χ0) is 13.6. The van der Waals surface area contributed by atoms with Crippen LogP contribution in [0.2, 0.25) is 0 Å². The van der Waals surface area contributed by atoms with Crippen LogP contribution in [0.4, 0.5) is 8.78 Å². The molecule has 96 valence electrons. The molecule has 0 aliphatic carbocycles. The SMILES string of the molecule is O=C(O)C(F)(F)c1cccc2oc3ccccc3c12. The number of halogens is 2. The van der Waals surface area contributed by atoms with Crippen LogP contribution >= 0.6 is 0 Å². The van der Waals surface area contributed by atoms with Crippen molar-refractivity contribution in [2.75, 3.05) is 0 Å². The predicted molar refractivity (Wildman–Crippen MR) is 65.2 cm³/mol. The highest BCUT2D eigenvalue weighted by Gasteiger charge is 2.43. The van der Waals surface area contributed by atoms with Crippen LogP contribution in [0, 0.1) is 0 Å². The van der Waals surface area contributed by atoms with Crippen molar-refractivity contribution in [3.05, 3.63) is 48.0 Å². The third-order valence-corrected chi connectivity index (χ3v) is 3.01. The number of carboxylic acid groups (broad SMARTS) is 1. The first-order valence-electron chi connectivity index (χ1n) is 5.54. The number of hydrogen-bond acceptors (Lipinski definition) is 2. The number of carbonyl (C=O) groups is 1. The Bertz CT molecular complexity index is 790. The van der Waals surface area contributed by atoms with Gasteiger partial charge in [0.05, 0.1) is 0 Å². The monoisotopic (exact) mass is 262 g/mol. The molecule has 0 aliphatic heterocycles. The number of aliphatic carboxylic acids is 1. The molecule has 0 bridgehead atoms. The number of carboxylic acids is 1. The summed E-state index contributed by atoms with van der Waals surface area (Å²) in [5.41, 5.74) is 0.146. The van der Waals surface area contributed by atoms with Gasteiger partial charge >= 0.3 is 11.9 Å². The van der Waals surface area contributed by atoms with E-state index in [4.69, 9.17) is 9.52 Å². The molecule has 3 nitrogen and oxygen atoms in total. The summed E-state index contributed by atoms with van der Waals surface area (Å²) in [4.78, 5) is 10.7. The van der Waals surface area contributed by atoms with Crippen LogP contribution in [0.5, 0.6) is 0 Å². The summed E-state index contributed by atoms with van der Waals surface area (Å²) in [7, 11) is 0. The maximum Gasteiger partial charge on any atom is 0.379 e. The third-order valence-electron chi connectivity index (χ3n) is 3.01. The number of furan rings is 1. The molecule has 0 atom stereocenters. The lowest BCUT2D eigenvalue weighted by molar-refractivity contribution is -0.166. The van der Waals surface area contributed by atoms with Crippen molar-refractivity contribution in [2.24, 2.45) is 0 Å². The molecule has 3 aromatic rings. The van der Waals surface area contributed by atoms with Crippen LogP contribution in [0.1, 0.15) is 5.56 Å². The van der Waals surface area contributed by atoms with Crippen molar-refractivity contribution in [1.29, 1.82) is 0 Å². The lowest BCUT2D eigenvalue weighted by atomic mass is 10.0. The lowest BCUT2D eigenvalue weighted by Crippen LogP contribution is -2.25. The van der Waals surface area contributed by atoms with Gasteiger partial charge in [-0.1, -0.05) is 30.3 Å². The Morgan fingerprint density at radius 1 is 1.05 bits per heavy atom. The van der Waals surface area contributed by atoms with E-state index < -0.39 is 17.5 Å². The zero-order valence-corrected chi connectivity index (χ0v) is 9.56. The van der Waals surface area contributed by atoms with Gasteiger partial charge in [0.1, 0.15) is 11.2 Å². The molecular weight excluding hydrogens is 254 g/mol. The molecule has 1 heterocycles. The molecule has 1 aromatic heterocycles. The number of alkyl halides is 2. The highest BCUT2D eigenvalue weighted by Crippen LogP contribution is 2.38. The fourth-order valence-corrected chi connectivity index (χ4v) is 2.15. The smallest absolute Gasteiger partial charge is 0.379 e. The maximum atomic E-state index is 13.8. The van der Waals surface area contributed by atoms with Crippen molar-refractivity contribution in [2.45, 2.75) is 5.92 Å². The van der Waals surface area contributed by atoms with Crippen LogP contribution in [0.25, 0.3) is 21.9 Å². The number of para-hydroxylation sites is 1. The van der Waals surface area contributed by atoms with Crippen LogP contribution < -0.4 is 0 Å². The van der Waals surface area contributed by atoms with E-state index in [0.717, 1.165) is 6.07 Å². The van der Waals surface area contributed by atoms with Gasteiger partial charge in [-0.2, -0.15) is 8.78 Å². The molecule has 0 saturated heterocycles. The third kappa shape index (κ3) is 1.58. The topological polar surface area (TPSA) is 50.4 Å². The van der Waals surface area contributed by atoms with Gasteiger partial charge < -0.3 is 9.52 Å². The molecule has 0 aliphatic rings. The van der Waals surface area contributed by atoms with Gasteiger partial charge in [-0.3, -0.25) is 0 Å². The molecule has 1 N–H and O–H groups in total. The van der Waals surface area contributed by atoms with Crippen LogP contribution in [-0.2, 0) is 10.7 Å². The molecule has 0 fully saturated rings. The summed E-state index contributed by atoms with van der Waals surface area (Å²) in [6.07, 6.45) is 0. The van der Waals surface area contributed by atoms with Gasteiger partial charge in [0.2, 0.25) is 0 Å². The van der Waals surface area contributed by atoms with E-state index in [1.807, 2.05) is 0 Å². The summed E-state index contributed by atoms with van der Waals surface area (Å²) in [5.74, 6) is -6.13. The largest absolute Gasteiger partial charge is 0.477 e. The Hall–Kier alpha value is -2.43. The quantitative estimate of drug-likeness (QED) is 0.764. The molecule has 0 spiro atoms. The molecule has 19 heavy (non-hydrogen) atoms. The fraction of sp³-hybridized carbons (Fsp3) is 0.0714. The molecule has 0 saturated carbocycles. The predicted octanol–water partition coefficient (Wildman–Crippen LogP) is 3.76. The second-order valence-corrected chi connectivity index (χ2v) is 4.16. The van der Waals surface area contributed by atoms with E-state index in [0.29, 0.717) is 11.0 Å². The highest BCUT2D eigenvalue weighted by atomic mass is 19.3. The minimum Gasteiger partial charge on any atom is -0.477 e. The Balaban J connectivity index is 2.46. The van der Waals surface area contributed by atoms with Crippen LogP contribution in [0.3, 0.4) is 0 Å². The average Bonchev–Trinajstić information content (AvgIpc) is 2.76. The minimum absolute atomic E-state index is 0.144. The minimum atomic E-state index is -3.95. The second-order valence-electron chi connectivity index (χ2n) is 4.16. The van der Waals surface area contributed by atoms with Gasteiger partial charge in [0, 0.05) is 16.3 Å². The Morgan fingerprint density at radius 3 is 2.47 bits per heavy atom. The van der Waals surface area contributed by atoms with Crippen molar-refractivity contribution in [1.82, 2.24) is 0 Å². The molecule has 3 rings (SSSR count). The van der Waals surface area contributed by atoms with E-state index in [9.17, 15) is 13.6 Å². The lowest BCUT2D eigenvalue weighted by Gasteiger charge is -2.12. The fourth-order valence-electron chi connectivity index (χ4n) is 2.15. The first-order valence-corrected chi connectivity index (χ1v) is 5.54. The van der Waals surface area contributed by atoms with Gasteiger partial charge in [0.15, 0.2) is 0 Å². The second kappa shape index (κ2) is 3.78. The summed E-state index contributed by atoms with van der Waals surface area (Å²) in [5, 5.41) is 9.31. The highest BCUT2D eigenvalue weighted by molar-refractivity contribution is 6.08. The molecule has 2 aromatic carbocycles. The molecule has 0 radical (unpaired) electrons. The van der Waals surface area contributed by atoms with Crippen molar-refractivity contribution >= 4 is 27.9 Å². The van der Waals surface area contributed by atoms with Gasteiger partial charge in [-0.05, 0) is 12.1 Å². The van der Waals surface area contributed by atoms with E-state index in [1.54, 1.807) is 24.3 Å². The summed E-state index contributed by atoms with van der Waals surface area (Å²) >= 11 is 0. The molecule has 5 heteroatoms. The van der Waals surface area contributed by atoms with E-state index in [-0.39, 0.29) is 11.0 Å². The van der Waals surface area contributed by atoms with Crippen molar-refractivity contribution in [3.63, 3.8) is 0 Å². The standard InChI is InChI=1S/C14H8F2O3/c15-14(16,13(17)18)9-5-3-7-11-12(9)8-4-1-2-6-10(8)19-11/h1-7H,(H,17,18). The van der Waals surface area contributed by atoms with Gasteiger partial charge in [-0.15, -0.1) is 0 Å². The number of hydrogen-bond donors (Lipinski definition) is 1. The molecule has 0 unspecified atom stereocenters. The summed E-state index contributed by atoms with van der Waals surface area (Å²) in [6.45, 7) is 0. The Morgan fingerprint density at radius 2 is 1.74 bits per heavy atom. The normalized spacial score (nSPS) is 12.1. The molecule has 0 amide bonds. The van der Waals surface area contributed by atoms with Crippen LogP contribution in [-0.4, -0.2) is 11.1 Å². The average molecular weight is 262 g/mol. The first kappa shape index (κ1) is 11.6. The van der Waals surface area contributed by atoms with Gasteiger partial charge in [-0.25, -0.2) is 4.79 Å².